The first-order valence-electron chi connectivity index (χ1n) is 5.61. The Labute approximate surface area is 129 Å². The van der Waals surface area contributed by atoms with Crippen molar-refractivity contribution in [3.8, 4) is 5.75 Å². The Hall–Kier alpha value is -2.31. The molecule has 0 aliphatic heterocycles. The third-order valence-electron chi connectivity index (χ3n) is 2.55. The maximum atomic E-state index is 12.0. The van der Waals surface area contributed by atoms with E-state index in [1.54, 1.807) is 0 Å². The van der Waals surface area contributed by atoms with E-state index in [1.165, 1.54) is 24.3 Å². The van der Waals surface area contributed by atoms with E-state index in [-0.39, 0.29) is 5.56 Å². The Bertz CT molecular complexity index is 714. The lowest BCUT2D eigenvalue weighted by Crippen LogP contribution is -2.11. The van der Waals surface area contributed by atoms with Crippen LogP contribution in [0.25, 0.3) is 0 Å². The van der Waals surface area contributed by atoms with Crippen molar-refractivity contribution < 1.29 is 14.8 Å². The zero-order chi connectivity index (χ0) is 15.6. The van der Waals surface area contributed by atoms with Crippen LogP contribution in [0, 0.1) is 10.1 Å². The van der Waals surface area contributed by atoms with E-state index in [0.717, 1.165) is 12.1 Å². The molecule has 0 saturated heterocycles. The zero-order valence-corrected chi connectivity index (χ0v) is 11.9. The van der Waals surface area contributed by atoms with Gasteiger partial charge in [0.15, 0.2) is 5.75 Å². The molecule has 0 aliphatic rings. The summed E-state index contributed by atoms with van der Waals surface area (Å²) in [5.41, 5.74) is -0.0399. The van der Waals surface area contributed by atoms with Crippen LogP contribution < -0.4 is 5.32 Å². The van der Waals surface area contributed by atoms with Crippen LogP contribution in [0.15, 0.2) is 36.4 Å². The topological polar surface area (TPSA) is 92.5 Å². The number of nitro groups is 1. The number of rotatable bonds is 3. The molecule has 0 heterocycles. The second kappa shape index (κ2) is 5.99. The van der Waals surface area contributed by atoms with Crippen LogP contribution in [0.3, 0.4) is 0 Å². The van der Waals surface area contributed by atoms with Gasteiger partial charge in [-0.25, -0.2) is 0 Å². The van der Waals surface area contributed by atoms with E-state index >= 15 is 0 Å². The second-order valence-electron chi connectivity index (χ2n) is 4.07. The SMILES string of the molecule is O=C(Nc1cc(Cl)cc(Cl)c1)c1ccc([N+](=O)[O-])c(O)c1. The molecule has 2 rings (SSSR count). The Balaban J connectivity index is 2.24. The fourth-order valence-corrected chi connectivity index (χ4v) is 2.17. The average Bonchev–Trinajstić information content (AvgIpc) is 2.36. The molecule has 0 atom stereocenters. The van der Waals surface area contributed by atoms with Gasteiger partial charge in [0, 0.05) is 27.4 Å². The summed E-state index contributed by atoms with van der Waals surface area (Å²) in [6.07, 6.45) is 0. The molecule has 0 bridgehead atoms. The molecule has 21 heavy (non-hydrogen) atoms. The second-order valence-corrected chi connectivity index (χ2v) is 4.95. The average molecular weight is 327 g/mol. The van der Waals surface area contributed by atoms with Crippen molar-refractivity contribution in [2.75, 3.05) is 5.32 Å². The number of hydrogen-bond donors (Lipinski definition) is 2. The predicted octanol–water partition coefficient (Wildman–Crippen LogP) is 3.86. The van der Waals surface area contributed by atoms with Crippen molar-refractivity contribution in [2.24, 2.45) is 0 Å². The van der Waals surface area contributed by atoms with Crippen LogP contribution in [0.1, 0.15) is 10.4 Å². The van der Waals surface area contributed by atoms with Gasteiger partial charge in [0.25, 0.3) is 5.91 Å². The quantitative estimate of drug-likeness (QED) is 0.661. The Morgan fingerprint density at radius 2 is 1.76 bits per heavy atom. The van der Waals surface area contributed by atoms with Crippen molar-refractivity contribution in [1.29, 1.82) is 0 Å². The van der Waals surface area contributed by atoms with Gasteiger partial charge in [-0.15, -0.1) is 0 Å². The van der Waals surface area contributed by atoms with E-state index in [0.29, 0.717) is 15.7 Å². The lowest BCUT2D eigenvalue weighted by Gasteiger charge is -2.07. The van der Waals surface area contributed by atoms with Crippen molar-refractivity contribution in [3.63, 3.8) is 0 Å². The largest absolute Gasteiger partial charge is 0.502 e. The number of nitrogens with one attached hydrogen (secondary N) is 1. The highest BCUT2D eigenvalue weighted by atomic mass is 35.5. The van der Waals surface area contributed by atoms with E-state index in [9.17, 15) is 20.0 Å². The molecule has 108 valence electrons. The summed E-state index contributed by atoms with van der Waals surface area (Å²) in [6.45, 7) is 0. The molecule has 6 nitrogen and oxygen atoms in total. The molecule has 0 aliphatic carbocycles. The van der Waals surface area contributed by atoms with Gasteiger partial charge in [0.2, 0.25) is 0 Å². The van der Waals surface area contributed by atoms with Crippen molar-refractivity contribution in [1.82, 2.24) is 0 Å². The van der Waals surface area contributed by atoms with Crippen LogP contribution in [-0.2, 0) is 0 Å². The van der Waals surface area contributed by atoms with Gasteiger partial charge in [0.1, 0.15) is 0 Å². The van der Waals surface area contributed by atoms with Crippen LogP contribution in [0.5, 0.6) is 5.75 Å². The number of nitrogens with zero attached hydrogens (tertiary/aromatic N) is 1. The van der Waals surface area contributed by atoms with E-state index in [4.69, 9.17) is 23.2 Å². The Kier molecular flexibility index (Phi) is 4.30. The highest BCUT2D eigenvalue weighted by molar-refractivity contribution is 6.35. The number of amides is 1. The molecule has 0 fully saturated rings. The summed E-state index contributed by atoms with van der Waals surface area (Å²) in [5.74, 6) is -1.14. The van der Waals surface area contributed by atoms with Crippen LogP contribution in [-0.4, -0.2) is 15.9 Å². The first kappa shape index (κ1) is 15.1. The first-order chi connectivity index (χ1) is 9.86. The maximum Gasteiger partial charge on any atom is 0.310 e. The molecule has 0 aromatic heterocycles. The van der Waals surface area contributed by atoms with Gasteiger partial charge in [-0.05, 0) is 30.3 Å². The number of halogens is 2. The number of carbonyl (C=O) groups excluding carboxylic acids is 1. The van der Waals surface area contributed by atoms with Crippen molar-refractivity contribution in [2.45, 2.75) is 0 Å². The van der Waals surface area contributed by atoms with Gasteiger partial charge in [0.05, 0.1) is 4.92 Å². The fraction of sp³-hybridized carbons (Fsp3) is 0. The fourth-order valence-electron chi connectivity index (χ4n) is 1.65. The van der Waals surface area contributed by atoms with E-state index in [1.807, 2.05) is 0 Å². The minimum atomic E-state index is -0.742. The summed E-state index contributed by atoms with van der Waals surface area (Å²) in [7, 11) is 0. The van der Waals surface area contributed by atoms with Crippen LogP contribution in [0.2, 0.25) is 10.0 Å². The molecule has 0 saturated carbocycles. The van der Waals surface area contributed by atoms with Crippen LogP contribution in [0.4, 0.5) is 11.4 Å². The number of phenolic OH excluding ortho intramolecular Hbond substituents is 1. The van der Waals surface area contributed by atoms with Crippen molar-refractivity contribution >= 4 is 40.5 Å². The highest BCUT2D eigenvalue weighted by Crippen LogP contribution is 2.27. The minimum Gasteiger partial charge on any atom is -0.502 e. The summed E-state index contributed by atoms with van der Waals surface area (Å²) in [5, 5.41) is 23.3. The normalized spacial score (nSPS) is 10.2. The molecular formula is C13H8Cl2N2O4. The minimum absolute atomic E-state index is 0.0641. The van der Waals surface area contributed by atoms with Crippen molar-refractivity contribution in [3.05, 3.63) is 62.1 Å². The first-order valence-corrected chi connectivity index (χ1v) is 6.37. The molecule has 0 radical (unpaired) electrons. The molecule has 2 aromatic rings. The van der Waals surface area contributed by atoms with E-state index in [2.05, 4.69) is 5.32 Å². The summed E-state index contributed by atoms with van der Waals surface area (Å²) in [6, 6.07) is 7.80. The number of carbonyl (C=O) groups is 1. The monoisotopic (exact) mass is 326 g/mol. The number of benzene rings is 2. The number of aromatic hydroxyl groups is 1. The Morgan fingerprint density at radius 1 is 1.14 bits per heavy atom. The lowest BCUT2D eigenvalue weighted by atomic mass is 10.1. The highest BCUT2D eigenvalue weighted by Gasteiger charge is 2.16. The number of anilines is 1. The number of nitro benzene ring substituents is 1. The third-order valence-corrected chi connectivity index (χ3v) is 2.99. The van der Waals surface area contributed by atoms with Gasteiger partial charge in [-0.1, -0.05) is 23.2 Å². The summed E-state index contributed by atoms with van der Waals surface area (Å²) < 4.78 is 0. The smallest absolute Gasteiger partial charge is 0.310 e. The number of hydrogen-bond acceptors (Lipinski definition) is 4. The zero-order valence-electron chi connectivity index (χ0n) is 10.3. The molecule has 2 N–H and O–H groups in total. The van der Waals surface area contributed by atoms with Gasteiger partial charge in [-0.3, -0.25) is 14.9 Å². The van der Waals surface area contributed by atoms with Gasteiger partial charge < -0.3 is 10.4 Å². The van der Waals surface area contributed by atoms with Crippen LogP contribution >= 0.6 is 23.2 Å². The molecular weight excluding hydrogens is 319 g/mol. The molecule has 8 heteroatoms. The summed E-state index contributed by atoms with van der Waals surface area (Å²) in [4.78, 5) is 21.8. The predicted molar refractivity (Wildman–Crippen MR) is 79.2 cm³/mol. The lowest BCUT2D eigenvalue weighted by molar-refractivity contribution is -0.385. The standard InChI is InChI=1S/C13H8Cl2N2O4/c14-8-4-9(15)6-10(5-8)16-13(19)7-1-2-11(17(20)21)12(18)3-7/h1-6,18H,(H,16,19). The summed E-state index contributed by atoms with van der Waals surface area (Å²) >= 11 is 11.6. The third kappa shape index (κ3) is 3.62. The molecule has 1 amide bonds. The Morgan fingerprint density at radius 3 is 2.29 bits per heavy atom. The molecule has 0 spiro atoms. The molecule has 2 aromatic carbocycles. The maximum absolute atomic E-state index is 12.0. The van der Waals surface area contributed by atoms with Gasteiger partial charge in [-0.2, -0.15) is 0 Å². The molecule has 0 unspecified atom stereocenters. The van der Waals surface area contributed by atoms with E-state index < -0.39 is 22.3 Å². The van der Waals surface area contributed by atoms with Gasteiger partial charge >= 0.3 is 5.69 Å². The number of phenols is 1.